The van der Waals surface area contributed by atoms with E-state index in [0.29, 0.717) is 34.7 Å². The van der Waals surface area contributed by atoms with Crippen LogP contribution in [0.5, 0.6) is 11.5 Å². The van der Waals surface area contributed by atoms with Crippen LogP contribution in [0, 0.1) is 6.92 Å². The summed E-state index contributed by atoms with van der Waals surface area (Å²) in [5.41, 5.74) is 6.79. The summed E-state index contributed by atoms with van der Waals surface area (Å²) in [7, 11) is 0. The molecular weight excluding hydrogens is 274 g/mol. The lowest BCUT2D eigenvalue weighted by molar-refractivity contribution is 0.0998. The third kappa shape index (κ3) is 1.81. The van der Waals surface area contributed by atoms with E-state index in [1.807, 2.05) is 13.0 Å². The van der Waals surface area contributed by atoms with Crippen LogP contribution < -0.4 is 15.2 Å². The summed E-state index contributed by atoms with van der Waals surface area (Å²) in [6.45, 7) is 2.86. The first kappa shape index (κ1) is 11.4. The van der Waals surface area contributed by atoms with Crippen LogP contribution in [0.3, 0.4) is 0 Å². The first-order valence-corrected chi connectivity index (χ1v) is 5.76. The molecule has 0 saturated heterocycles. The van der Waals surface area contributed by atoms with E-state index < -0.39 is 0 Å². The second-order valence-electron chi connectivity index (χ2n) is 3.53. The molecule has 0 bridgehead atoms. The van der Waals surface area contributed by atoms with Crippen LogP contribution in [0.4, 0.5) is 0 Å². The molecular formula is C11H12BrNO3. The van der Waals surface area contributed by atoms with Crippen LogP contribution in [0.1, 0.15) is 15.9 Å². The number of halogens is 1. The van der Waals surface area contributed by atoms with Gasteiger partial charge in [-0.3, -0.25) is 4.79 Å². The van der Waals surface area contributed by atoms with Crippen molar-refractivity contribution < 1.29 is 14.3 Å². The number of carbonyl (C=O) groups excluding carboxylic acids is 1. The molecule has 2 N–H and O–H groups in total. The number of fused-ring (bicyclic) bond motifs is 1. The van der Waals surface area contributed by atoms with Gasteiger partial charge in [-0.2, -0.15) is 0 Å². The number of ketones is 1. The molecule has 0 aromatic heterocycles. The number of benzene rings is 1. The first-order valence-electron chi connectivity index (χ1n) is 4.97. The Kier molecular flexibility index (Phi) is 3.16. The Balaban J connectivity index is 2.58. The highest BCUT2D eigenvalue weighted by atomic mass is 79.9. The average molecular weight is 286 g/mol. The predicted octanol–water partition coefficient (Wildman–Crippen LogP) is 1.67. The quantitative estimate of drug-likeness (QED) is 0.840. The third-order valence-electron chi connectivity index (χ3n) is 2.44. The predicted molar refractivity (Wildman–Crippen MR) is 63.3 cm³/mol. The maximum Gasteiger partial charge on any atom is 0.177 e. The average Bonchev–Trinajstić information content (AvgIpc) is 2.28. The van der Waals surface area contributed by atoms with E-state index >= 15 is 0 Å². The Morgan fingerprint density at radius 2 is 2.19 bits per heavy atom. The number of carbonyl (C=O) groups is 1. The molecule has 4 nitrogen and oxygen atoms in total. The Morgan fingerprint density at radius 1 is 1.50 bits per heavy atom. The topological polar surface area (TPSA) is 61.6 Å². The number of rotatable bonds is 2. The highest BCUT2D eigenvalue weighted by molar-refractivity contribution is 9.10. The molecule has 1 aromatic carbocycles. The van der Waals surface area contributed by atoms with Gasteiger partial charge in [-0.15, -0.1) is 0 Å². The van der Waals surface area contributed by atoms with E-state index in [2.05, 4.69) is 15.9 Å². The molecule has 1 aliphatic heterocycles. The number of aryl methyl sites for hydroxylation is 1. The van der Waals surface area contributed by atoms with Crippen molar-refractivity contribution in [1.29, 1.82) is 0 Å². The number of Topliss-reactive ketones (excluding diaryl/α,β-unsaturated/α-hetero) is 1. The summed E-state index contributed by atoms with van der Waals surface area (Å²) in [4.78, 5) is 11.7. The van der Waals surface area contributed by atoms with E-state index in [0.717, 1.165) is 5.56 Å². The summed E-state index contributed by atoms with van der Waals surface area (Å²) in [6.07, 6.45) is 0. The normalized spacial score (nSPS) is 13.7. The lowest BCUT2D eigenvalue weighted by atomic mass is 10.0. The Morgan fingerprint density at radius 3 is 2.88 bits per heavy atom. The van der Waals surface area contributed by atoms with Gasteiger partial charge in [0.15, 0.2) is 17.3 Å². The van der Waals surface area contributed by atoms with Crippen molar-refractivity contribution in [3.8, 4) is 11.5 Å². The van der Waals surface area contributed by atoms with Gasteiger partial charge in [-0.05, 0) is 34.5 Å². The van der Waals surface area contributed by atoms with Gasteiger partial charge in [-0.1, -0.05) is 0 Å². The highest BCUT2D eigenvalue weighted by Gasteiger charge is 2.22. The van der Waals surface area contributed by atoms with Crippen molar-refractivity contribution in [2.75, 3.05) is 19.8 Å². The Bertz CT molecular complexity index is 445. The molecule has 0 spiro atoms. The highest BCUT2D eigenvalue weighted by Crippen LogP contribution is 2.41. The van der Waals surface area contributed by atoms with Gasteiger partial charge in [-0.25, -0.2) is 0 Å². The van der Waals surface area contributed by atoms with E-state index in [9.17, 15) is 4.79 Å². The van der Waals surface area contributed by atoms with E-state index in [-0.39, 0.29) is 12.3 Å². The minimum atomic E-state index is -0.110. The molecule has 0 radical (unpaired) electrons. The zero-order chi connectivity index (χ0) is 11.7. The fourth-order valence-corrected chi connectivity index (χ4v) is 2.55. The molecule has 86 valence electrons. The molecule has 0 fully saturated rings. The molecule has 16 heavy (non-hydrogen) atoms. The van der Waals surface area contributed by atoms with E-state index in [4.69, 9.17) is 15.2 Å². The smallest absolute Gasteiger partial charge is 0.177 e. The number of hydrogen-bond acceptors (Lipinski definition) is 4. The van der Waals surface area contributed by atoms with Crippen molar-refractivity contribution in [3.63, 3.8) is 0 Å². The summed E-state index contributed by atoms with van der Waals surface area (Å²) in [5.74, 6) is 1.15. The van der Waals surface area contributed by atoms with Gasteiger partial charge in [0.25, 0.3) is 0 Å². The standard InChI is InChI=1S/C11H12BrNO3/c1-6-4-8-11(16-3-2-15-8)10(12)9(6)7(14)5-13/h4H,2-3,5,13H2,1H3. The maximum atomic E-state index is 11.7. The number of ether oxygens (including phenoxy) is 2. The van der Waals surface area contributed by atoms with Crippen LogP contribution >= 0.6 is 15.9 Å². The van der Waals surface area contributed by atoms with Crippen LogP contribution in [0.15, 0.2) is 10.5 Å². The SMILES string of the molecule is Cc1cc2c(c(Br)c1C(=O)CN)OCCO2. The van der Waals surface area contributed by atoms with Gasteiger partial charge in [0.1, 0.15) is 13.2 Å². The second kappa shape index (κ2) is 4.43. The van der Waals surface area contributed by atoms with Crippen LogP contribution in [-0.2, 0) is 0 Å². The van der Waals surface area contributed by atoms with Crippen molar-refractivity contribution in [3.05, 3.63) is 21.7 Å². The van der Waals surface area contributed by atoms with Crippen molar-refractivity contribution in [1.82, 2.24) is 0 Å². The first-order chi connectivity index (χ1) is 7.65. The van der Waals surface area contributed by atoms with Crippen molar-refractivity contribution >= 4 is 21.7 Å². The van der Waals surface area contributed by atoms with Gasteiger partial charge >= 0.3 is 0 Å². The monoisotopic (exact) mass is 285 g/mol. The molecule has 5 heteroatoms. The van der Waals surface area contributed by atoms with Crippen LogP contribution in [-0.4, -0.2) is 25.5 Å². The molecule has 0 unspecified atom stereocenters. The summed E-state index contributed by atoms with van der Waals surface area (Å²) in [6, 6.07) is 1.81. The molecule has 1 heterocycles. The Hall–Kier alpha value is -1.07. The third-order valence-corrected chi connectivity index (χ3v) is 3.19. The van der Waals surface area contributed by atoms with Crippen molar-refractivity contribution in [2.24, 2.45) is 5.73 Å². The molecule has 0 atom stereocenters. The fraction of sp³-hybridized carbons (Fsp3) is 0.364. The zero-order valence-electron chi connectivity index (χ0n) is 8.88. The second-order valence-corrected chi connectivity index (χ2v) is 4.33. The van der Waals surface area contributed by atoms with Gasteiger partial charge in [0.2, 0.25) is 0 Å². The summed E-state index contributed by atoms with van der Waals surface area (Å²) >= 11 is 3.38. The van der Waals surface area contributed by atoms with Crippen LogP contribution in [0.25, 0.3) is 0 Å². The minimum absolute atomic E-state index is 0.0148. The lowest BCUT2D eigenvalue weighted by Crippen LogP contribution is -2.19. The molecule has 0 saturated carbocycles. The van der Waals surface area contributed by atoms with E-state index in [1.165, 1.54) is 0 Å². The van der Waals surface area contributed by atoms with Crippen molar-refractivity contribution in [2.45, 2.75) is 6.92 Å². The van der Waals surface area contributed by atoms with E-state index in [1.54, 1.807) is 0 Å². The zero-order valence-corrected chi connectivity index (χ0v) is 10.5. The molecule has 2 rings (SSSR count). The van der Waals surface area contributed by atoms with Crippen LogP contribution in [0.2, 0.25) is 0 Å². The lowest BCUT2D eigenvalue weighted by Gasteiger charge is -2.21. The Labute approximate surface area is 102 Å². The maximum absolute atomic E-state index is 11.7. The summed E-state index contributed by atoms with van der Waals surface area (Å²) in [5, 5.41) is 0. The molecule has 1 aromatic rings. The number of nitrogens with two attached hydrogens (primary N) is 1. The minimum Gasteiger partial charge on any atom is -0.486 e. The van der Waals surface area contributed by atoms with Gasteiger partial charge < -0.3 is 15.2 Å². The summed E-state index contributed by atoms with van der Waals surface area (Å²) < 4.78 is 11.6. The largest absolute Gasteiger partial charge is 0.486 e. The molecule has 1 aliphatic rings. The fourth-order valence-electron chi connectivity index (χ4n) is 1.71. The van der Waals surface area contributed by atoms with Gasteiger partial charge in [0, 0.05) is 5.56 Å². The number of hydrogen-bond donors (Lipinski definition) is 1. The molecule has 0 amide bonds. The molecule has 0 aliphatic carbocycles. The van der Waals surface area contributed by atoms with Gasteiger partial charge in [0.05, 0.1) is 11.0 Å².